The molecule has 0 saturated heterocycles. The number of hydrogen-bond donors (Lipinski definition) is 2. The predicted molar refractivity (Wildman–Crippen MR) is 80.4 cm³/mol. The van der Waals surface area contributed by atoms with Crippen molar-refractivity contribution in [2.75, 3.05) is 11.9 Å². The monoisotopic (exact) mass is 306 g/mol. The van der Waals surface area contributed by atoms with Gasteiger partial charge in [-0.1, -0.05) is 17.7 Å². The molecule has 7 heteroatoms. The number of aromatic nitrogens is 2. The van der Waals surface area contributed by atoms with Crippen LogP contribution in [0.5, 0.6) is 0 Å². The number of carbonyl (C=O) groups excluding carboxylic acids is 2. The molecular weight excluding hydrogens is 292 g/mol. The van der Waals surface area contributed by atoms with E-state index in [-0.39, 0.29) is 18.4 Å². The van der Waals surface area contributed by atoms with Crippen molar-refractivity contribution in [1.29, 1.82) is 0 Å². The Morgan fingerprint density at radius 2 is 2.10 bits per heavy atom. The molecule has 0 fully saturated rings. The van der Waals surface area contributed by atoms with E-state index in [0.29, 0.717) is 16.4 Å². The summed E-state index contributed by atoms with van der Waals surface area (Å²) in [6.45, 7) is 1.66. The Hall–Kier alpha value is -2.34. The van der Waals surface area contributed by atoms with Crippen LogP contribution in [0.25, 0.3) is 0 Å². The first kappa shape index (κ1) is 15.1. The summed E-state index contributed by atoms with van der Waals surface area (Å²) in [5.41, 5.74) is 1.73. The Morgan fingerprint density at radius 3 is 2.71 bits per heavy atom. The zero-order valence-corrected chi connectivity index (χ0v) is 12.4. The van der Waals surface area contributed by atoms with Crippen LogP contribution in [0.15, 0.2) is 30.3 Å². The number of rotatable bonds is 4. The zero-order chi connectivity index (χ0) is 15.4. The largest absolute Gasteiger partial charge is 0.342 e. The molecule has 2 amide bonds. The summed E-state index contributed by atoms with van der Waals surface area (Å²) in [6.07, 6.45) is 0. The number of amides is 2. The highest BCUT2D eigenvalue weighted by molar-refractivity contribution is 6.30. The van der Waals surface area contributed by atoms with E-state index < -0.39 is 0 Å². The third-order valence-corrected chi connectivity index (χ3v) is 2.99. The van der Waals surface area contributed by atoms with E-state index in [1.54, 1.807) is 44.3 Å². The molecular formula is C14H15ClN4O2. The molecule has 0 saturated carbocycles. The van der Waals surface area contributed by atoms with Crippen LogP contribution in [0.4, 0.5) is 5.69 Å². The van der Waals surface area contributed by atoms with Gasteiger partial charge in [-0.3, -0.25) is 14.3 Å². The Kier molecular flexibility index (Phi) is 4.59. The van der Waals surface area contributed by atoms with E-state index in [4.69, 9.17) is 11.6 Å². The Morgan fingerprint density at radius 1 is 1.33 bits per heavy atom. The Labute approximate surface area is 127 Å². The maximum atomic E-state index is 11.9. The van der Waals surface area contributed by atoms with Crippen molar-refractivity contribution in [1.82, 2.24) is 15.1 Å². The molecule has 1 aromatic heterocycles. The summed E-state index contributed by atoms with van der Waals surface area (Å²) >= 11 is 5.82. The van der Waals surface area contributed by atoms with Crippen molar-refractivity contribution in [2.24, 2.45) is 7.05 Å². The van der Waals surface area contributed by atoms with E-state index in [1.165, 1.54) is 4.68 Å². The van der Waals surface area contributed by atoms with Gasteiger partial charge in [-0.05, 0) is 31.2 Å². The number of aryl methyl sites for hydroxylation is 2. The first-order valence-corrected chi connectivity index (χ1v) is 6.68. The van der Waals surface area contributed by atoms with Crippen LogP contribution in [0.1, 0.15) is 16.2 Å². The lowest BCUT2D eigenvalue weighted by atomic mass is 10.3. The average molecular weight is 307 g/mol. The van der Waals surface area contributed by atoms with Gasteiger partial charge in [-0.2, -0.15) is 5.10 Å². The predicted octanol–water partition coefficient (Wildman–Crippen LogP) is 1.75. The van der Waals surface area contributed by atoms with Crippen LogP contribution in [0.2, 0.25) is 5.02 Å². The van der Waals surface area contributed by atoms with E-state index in [2.05, 4.69) is 15.7 Å². The topological polar surface area (TPSA) is 76.0 Å². The van der Waals surface area contributed by atoms with Gasteiger partial charge in [0.1, 0.15) is 5.69 Å². The van der Waals surface area contributed by atoms with Crippen LogP contribution in [0.3, 0.4) is 0 Å². The first-order valence-electron chi connectivity index (χ1n) is 6.30. The first-order chi connectivity index (χ1) is 9.95. The van der Waals surface area contributed by atoms with Crippen molar-refractivity contribution in [3.63, 3.8) is 0 Å². The number of nitrogens with zero attached hydrogens (tertiary/aromatic N) is 2. The standard InChI is InChI=1S/C14H15ClN4O2/c1-9-6-12(19(2)18-9)14(21)16-8-13(20)17-11-5-3-4-10(15)7-11/h3-7H,8H2,1-2H3,(H,16,21)(H,17,20). The van der Waals surface area contributed by atoms with Gasteiger partial charge in [-0.25, -0.2) is 0 Å². The minimum Gasteiger partial charge on any atom is -0.342 e. The Bertz CT molecular complexity index is 681. The molecule has 2 N–H and O–H groups in total. The molecule has 0 spiro atoms. The fraction of sp³-hybridized carbons (Fsp3) is 0.214. The lowest BCUT2D eigenvalue weighted by molar-refractivity contribution is -0.115. The van der Waals surface area contributed by atoms with E-state index in [9.17, 15) is 9.59 Å². The molecule has 0 bridgehead atoms. The van der Waals surface area contributed by atoms with Gasteiger partial charge in [0.15, 0.2) is 0 Å². The molecule has 0 unspecified atom stereocenters. The summed E-state index contributed by atoms with van der Waals surface area (Å²) in [5, 5.41) is 9.80. The van der Waals surface area contributed by atoms with Crippen LogP contribution in [0, 0.1) is 6.92 Å². The summed E-state index contributed by atoms with van der Waals surface area (Å²) in [5.74, 6) is -0.677. The second-order valence-electron chi connectivity index (χ2n) is 4.54. The smallest absolute Gasteiger partial charge is 0.269 e. The van der Waals surface area contributed by atoms with Crippen molar-refractivity contribution < 1.29 is 9.59 Å². The minimum absolute atomic E-state index is 0.129. The van der Waals surface area contributed by atoms with E-state index >= 15 is 0 Å². The molecule has 0 radical (unpaired) electrons. The molecule has 0 aliphatic rings. The number of hydrogen-bond acceptors (Lipinski definition) is 3. The molecule has 2 rings (SSSR count). The van der Waals surface area contributed by atoms with Crippen LogP contribution in [-0.4, -0.2) is 28.1 Å². The maximum Gasteiger partial charge on any atom is 0.269 e. The third-order valence-electron chi connectivity index (χ3n) is 2.75. The van der Waals surface area contributed by atoms with Crippen LogP contribution >= 0.6 is 11.6 Å². The van der Waals surface area contributed by atoms with Gasteiger partial charge < -0.3 is 10.6 Å². The van der Waals surface area contributed by atoms with Gasteiger partial charge >= 0.3 is 0 Å². The summed E-state index contributed by atoms with van der Waals surface area (Å²) < 4.78 is 1.47. The fourth-order valence-electron chi connectivity index (χ4n) is 1.85. The lowest BCUT2D eigenvalue weighted by Gasteiger charge is -2.07. The van der Waals surface area contributed by atoms with Gasteiger partial charge in [0.25, 0.3) is 5.91 Å². The molecule has 110 valence electrons. The van der Waals surface area contributed by atoms with E-state index in [0.717, 1.165) is 5.69 Å². The highest BCUT2D eigenvalue weighted by atomic mass is 35.5. The molecule has 0 aliphatic carbocycles. The zero-order valence-electron chi connectivity index (χ0n) is 11.7. The molecule has 6 nitrogen and oxygen atoms in total. The minimum atomic E-state index is -0.348. The maximum absolute atomic E-state index is 11.9. The van der Waals surface area contributed by atoms with Crippen LogP contribution in [-0.2, 0) is 11.8 Å². The van der Waals surface area contributed by atoms with Gasteiger partial charge in [0.05, 0.1) is 12.2 Å². The van der Waals surface area contributed by atoms with Gasteiger partial charge in [0, 0.05) is 17.8 Å². The fourth-order valence-corrected chi connectivity index (χ4v) is 2.04. The summed E-state index contributed by atoms with van der Waals surface area (Å²) in [7, 11) is 1.67. The third kappa shape index (κ3) is 4.06. The Balaban J connectivity index is 1.89. The number of nitrogens with one attached hydrogen (secondary N) is 2. The van der Waals surface area contributed by atoms with Crippen LogP contribution < -0.4 is 10.6 Å². The van der Waals surface area contributed by atoms with Crippen molar-refractivity contribution in [3.05, 3.63) is 46.7 Å². The number of benzene rings is 1. The second kappa shape index (κ2) is 6.41. The van der Waals surface area contributed by atoms with Crippen molar-refractivity contribution >= 4 is 29.1 Å². The second-order valence-corrected chi connectivity index (χ2v) is 4.97. The average Bonchev–Trinajstić information content (AvgIpc) is 2.75. The van der Waals surface area contributed by atoms with Crippen molar-refractivity contribution in [3.8, 4) is 0 Å². The highest BCUT2D eigenvalue weighted by Crippen LogP contribution is 2.14. The molecule has 2 aromatic rings. The van der Waals surface area contributed by atoms with E-state index in [1.807, 2.05) is 0 Å². The van der Waals surface area contributed by atoms with Gasteiger partial charge in [-0.15, -0.1) is 0 Å². The molecule has 1 heterocycles. The lowest BCUT2D eigenvalue weighted by Crippen LogP contribution is -2.33. The molecule has 1 aromatic carbocycles. The highest BCUT2D eigenvalue weighted by Gasteiger charge is 2.12. The molecule has 0 atom stereocenters. The van der Waals surface area contributed by atoms with Gasteiger partial charge in [0.2, 0.25) is 5.91 Å². The SMILES string of the molecule is Cc1cc(C(=O)NCC(=O)Nc2cccc(Cl)c2)n(C)n1. The summed E-state index contributed by atoms with van der Waals surface area (Å²) in [4.78, 5) is 23.7. The normalized spacial score (nSPS) is 10.2. The summed E-state index contributed by atoms with van der Waals surface area (Å²) in [6, 6.07) is 8.45. The van der Waals surface area contributed by atoms with Crippen molar-refractivity contribution in [2.45, 2.75) is 6.92 Å². The molecule has 21 heavy (non-hydrogen) atoms. The number of anilines is 1. The quantitative estimate of drug-likeness (QED) is 0.903. The molecule has 0 aliphatic heterocycles. The number of halogens is 1. The number of carbonyl (C=O) groups is 2.